The van der Waals surface area contributed by atoms with E-state index < -0.39 is 18.0 Å². The lowest BCUT2D eigenvalue weighted by atomic mass is 10.1. The Labute approximate surface area is 130 Å². The molecule has 1 atom stereocenters. The van der Waals surface area contributed by atoms with E-state index in [-0.39, 0.29) is 5.69 Å². The minimum absolute atomic E-state index is 0.0855. The van der Waals surface area contributed by atoms with Gasteiger partial charge < -0.3 is 15.7 Å². The largest absolute Gasteiger partial charge is 0.389 e. The van der Waals surface area contributed by atoms with Gasteiger partial charge in [-0.05, 0) is 42.8 Å². The molecule has 2 amide bonds. The SMILES string of the molecule is CC(O)c1cccc(NC(=O)Nc2ccc(Br)cc2F)c1. The zero-order chi connectivity index (χ0) is 15.4. The zero-order valence-corrected chi connectivity index (χ0v) is 12.8. The molecule has 2 aromatic carbocycles. The van der Waals surface area contributed by atoms with Gasteiger partial charge in [0.2, 0.25) is 0 Å². The number of hydrogen-bond acceptors (Lipinski definition) is 2. The van der Waals surface area contributed by atoms with Crippen LogP contribution in [0.5, 0.6) is 0 Å². The number of urea groups is 1. The fourth-order valence-corrected chi connectivity index (χ4v) is 2.08. The number of amides is 2. The Morgan fingerprint density at radius 2 is 2.00 bits per heavy atom. The van der Waals surface area contributed by atoms with Gasteiger partial charge in [-0.1, -0.05) is 28.1 Å². The Bertz CT molecular complexity index is 662. The third-order valence-corrected chi connectivity index (χ3v) is 3.30. The molecule has 3 N–H and O–H groups in total. The van der Waals surface area contributed by atoms with Crippen molar-refractivity contribution in [2.24, 2.45) is 0 Å². The quantitative estimate of drug-likeness (QED) is 0.771. The number of nitrogens with one attached hydrogen (secondary N) is 2. The van der Waals surface area contributed by atoms with Crippen molar-refractivity contribution < 1.29 is 14.3 Å². The highest BCUT2D eigenvalue weighted by Gasteiger charge is 2.08. The van der Waals surface area contributed by atoms with Crippen molar-refractivity contribution >= 4 is 33.3 Å². The molecule has 2 aromatic rings. The van der Waals surface area contributed by atoms with E-state index in [1.54, 1.807) is 37.3 Å². The molecular formula is C15H14BrFN2O2. The molecule has 0 aliphatic rings. The van der Waals surface area contributed by atoms with Crippen LogP contribution < -0.4 is 10.6 Å². The summed E-state index contributed by atoms with van der Waals surface area (Å²) in [6.45, 7) is 1.64. The molecule has 4 nitrogen and oxygen atoms in total. The number of anilines is 2. The van der Waals surface area contributed by atoms with Crippen LogP contribution in [0.1, 0.15) is 18.6 Å². The summed E-state index contributed by atoms with van der Waals surface area (Å²) in [5.41, 5.74) is 1.29. The molecule has 6 heteroatoms. The first-order chi connectivity index (χ1) is 9.95. The molecule has 0 aliphatic heterocycles. The van der Waals surface area contributed by atoms with Gasteiger partial charge in [0.25, 0.3) is 0 Å². The molecule has 21 heavy (non-hydrogen) atoms. The highest BCUT2D eigenvalue weighted by atomic mass is 79.9. The van der Waals surface area contributed by atoms with E-state index in [2.05, 4.69) is 26.6 Å². The number of aliphatic hydroxyl groups is 1. The summed E-state index contributed by atoms with van der Waals surface area (Å²) in [5, 5.41) is 14.5. The van der Waals surface area contributed by atoms with Crippen molar-refractivity contribution in [3.05, 3.63) is 58.3 Å². The highest BCUT2D eigenvalue weighted by molar-refractivity contribution is 9.10. The number of carbonyl (C=O) groups excluding carboxylic acids is 1. The Morgan fingerprint density at radius 1 is 1.24 bits per heavy atom. The number of halogens is 2. The van der Waals surface area contributed by atoms with Gasteiger partial charge in [-0.2, -0.15) is 0 Å². The van der Waals surface area contributed by atoms with E-state index in [0.717, 1.165) is 0 Å². The molecule has 0 heterocycles. The van der Waals surface area contributed by atoms with Gasteiger partial charge in [-0.25, -0.2) is 9.18 Å². The summed E-state index contributed by atoms with van der Waals surface area (Å²) in [5.74, 6) is -0.530. The van der Waals surface area contributed by atoms with Crippen LogP contribution in [0.2, 0.25) is 0 Å². The van der Waals surface area contributed by atoms with Crippen LogP contribution in [-0.4, -0.2) is 11.1 Å². The van der Waals surface area contributed by atoms with Gasteiger partial charge in [-0.15, -0.1) is 0 Å². The van der Waals surface area contributed by atoms with Gasteiger partial charge in [0, 0.05) is 10.2 Å². The first kappa shape index (κ1) is 15.5. The van der Waals surface area contributed by atoms with Crippen molar-refractivity contribution in [3.63, 3.8) is 0 Å². The lowest BCUT2D eigenvalue weighted by Crippen LogP contribution is -2.20. The van der Waals surface area contributed by atoms with Gasteiger partial charge >= 0.3 is 6.03 Å². The monoisotopic (exact) mass is 352 g/mol. The van der Waals surface area contributed by atoms with E-state index >= 15 is 0 Å². The maximum atomic E-state index is 13.6. The predicted molar refractivity (Wildman–Crippen MR) is 83.8 cm³/mol. The molecule has 0 saturated carbocycles. The van der Waals surface area contributed by atoms with Crippen LogP contribution in [-0.2, 0) is 0 Å². The minimum Gasteiger partial charge on any atom is -0.389 e. The van der Waals surface area contributed by atoms with Crippen LogP contribution in [0.4, 0.5) is 20.6 Å². The Balaban J connectivity index is 2.06. The second-order valence-corrected chi connectivity index (χ2v) is 5.42. The maximum Gasteiger partial charge on any atom is 0.323 e. The molecule has 0 aliphatic carbocycles. The van der Waals surface area contributed by atoms with Crippen molar-refractivity contribution in [2.45, 2.75) is 13.0 Å². The Hall–Kier alpha value is -1.92. The number of carbonyl (C=O) groups is 1. The van der Waals surface area contributed by atoms with Gasteiger partial charge in [-0.3, -0.25) is 0 Å². The van der Waals surface area contributed by atoms with Gasteiger partial charge in [0.1, 0.15) is 5.82 Å². The molecule has 0 bridgehead atoms. The third kappa shape index (κ3) is 4.27. The second-order valence-electron chi connectivity index (χ2n) is 4.50. The summed E-state index contributed by atoms with van der Waals surface area (Å²) in [6, 6.07) is 10.6. The molecule has 0 aromatic heterocycles. The topological polar surface area (TPSA) is 61.4 Å². The van der Waals surface area contributed by atoms with Crippen molar-refractivity contribution in [1.82, 2.24) is 0 Å². The Morgan fingerprint density at radius 3 is 2.67 bits per heavy atom. The smallest absolute Gasteiger partial charge is 0.323 e. The molecule has 1 unspecified atom stereocenters. The normalized spacial score (nSPS) is 11.8. The van der Waals surface area contributed by atoms with Crippen molar-refractivity contribution in [3.8, 4) is 0 Å². The van der Waals surface area contributed by atoms with Crippen LogP contribution in [0.3, 0.4) is 0 Å². The molecule has 0 fully saturated rings. The minimum atomic E-state index is -0.626. The summed E-state index contributed by atoms with van der Waals surface area (Å²) >= 11 is 3.15. The van der Waals surface area contributed by atoms with E-state index in [1.807, 2.05) is 0 Å². The number of aliphatic hydroxyl groups excluding tert-OH is 1. The first-order valence-electron chi connectivity index (χ1n) is 6.27. The van der Waals surface area contributed by atoms with Crippen molar-refractivity contribution in [1.29, 1.82) is 0 Å². The Kier molecular flexibility index (Phi) is 4.93. The standard InChI is InChI=1S/C15H14BrFN2O2/c1-9(20)10-3-2-4-12(7-10)18-15(21)19-14-6-5-11(16)8-13(14)17/h2-9,20H,1H3,(H2,18,19,21). The lowest BCUT2D eigenvalue weighted by molar-refractivity contribution is 0.199. The van der Waals surface area contributed by atoms with E-state index in [4.69, 9.17) is 0 Å². The molecule has 0 saturated heterocycles. The van der Waals surface area contributed by atoms with Gasteiger partial charge in [0.15, 0.2) is 0 Å². The van der Waals surface area contributed by atoms with Crippen molar-refractivity contribution in [2.75, 3.05) is 10.6 Å². The molecule has 110 valence electrons. The van der Waals surface area contributed by atoms with Crippen LogP contribution in [0.15, 0.2) is 46.9 Å². The average molecular weight is 353 g/mol. The molecular weight excluding hydrogens is 339 g/mol. The van der Waals surface area contributed by atoms with Gasteiger partial charge in [0.05, 0.1) is 11.8 Å². The first-order valence-corrected chi connectivity index (χ1v) is 7.06. The fraction of sp³-hybridized carbons (Fsp3) is 0.133. The summed E-state index contributed by atoms with van der Waals surface area (Å²) < 4.78 is 14.2. The predicted octanol–water partition coefficient (Wildman–Crippen LogP) is 4.29. The number of rotatable bonds is 3. The molecule has 2 rings (SSSR count). The number of benzene rings is 2. The maximum absolute atomic E-state index is 13.6. The summed E-state index contributed by atoms with van der Waals surface area (Å²) in [6.07, 6.45) is -0.626. The number of hydrogen-bond donors (Lipinski definition) is 3. The van der Waals surface area contributed by atoms with E-state index in [1.165, 1.54) is 12.1 Å². The summed E-state index contributed by atoms with van der Waals surface area (Å²) in [4.78, 5) is 11.8. The average Bonchev–Trinajstić information content (AvgIpc) is 2.42. The lowest BCUT2D eigenvalue weighted by Gasteiger charge is -2.10. The van der Waals surface area contributed by atoms with E-state index in [9.17, 15) is 14.3 Å². The fourth-order valence-electron chi connectivity index (χ4n) is 1.75. The second kappa shape index (κ2) is 6.69. The van der Waals surface area contributed by atoms with Crippen LogP contribution >= 0.6 is 15.9 Å². The molecule has 0 spiro atoms. The van der Waals surface area contributed by atoms with Crippen LogP contribution in [0.25, 0.3) is 0 Å². The third-order valence-electron chi connectivity index (χ3n) is 2.81. The molecule has 0 radical (unpaired) electrons. The zero-order valence-electron chi connectivity index (χ0n) is 11.2. The van der Waals surface area contributed by atoms with E-state index in [0.29, 0.717) is 15.7 Å². The highest BCUT2D eigenvalue weighted by Crippen LogP contribution is 2.20. The van der Waals surface area contributed by atoms with Crippen LogP contribution in [0, 0.1) is 5.82 Å². The summed E-state index contributed by atoms with van der Waals surface area (Å²) in [7, 11) is 0.